The van der Waals surface area contributed by atoms with Crippen molar-refractivity contribution in [1.29, 1.82) is 0 Å². The highest BCUT2D eigenvalue weighted by atomic mass is 19.1. The lowest BCUT2D eigenvalue weighted by Gasteiger charge is -2.34. The predicted molar refractivity (Wildman–Crippen MR) is 90.1 cm³/mol. The summed E-state index contributed by atoms with van der Waals surface area (Å²) in [6.07, 6.45) is 3.43. The van der Waals surface area contributed by atoms with Gasteiger partial charge in [0.25, 0.3) is 0 Å². The van der Waals surface area contributed by atoms with Gasteiger partial charge in [0.1, 0.15) is 5.82 Å². The predicted octanol–water partition coefficient (Wildman–Crippen LogP) is 2.71. The zero-order chi connectivity index (χ0) is 17.5. The van der Waals surface area contributed by atoms with Crippen LogP contribution in [0.3, 0.4) is 0 Å². The van der Waals surface area contributed by atoms with Gasteiger partial charge in [-0.25, -0.2) is 9.18 Å². The zero-order valence-electron chi connectivity index (χ0n) is 14.4. The third kappa shape index (κ3) is 4.92. The summed E-state index contributed by atoms with van der Waals surface area (Å²) in [6, 6.07) is 6.17. The van der Waals surface area contributed by atoms with Gasteiger partial charge in [-0.05, 0) is 49.3 Å². The number of hydrogen-bond donors (Lipinski definition) is 2. The van der Waals surface area contributed by atoms with Gasteiger partial charge in [0.2, 0.25) is 0 Å². The molecule has 0 aliphatic heterocycles. The van der Waals surface area contributed by atoms with E-state index in [4.69, 9.17) is 4.74 Å². The summed E-state index contributed by atoms with van der Waals surface area (Å²) in [7, 11) is 3.37. The maximum Gasteiger partial charge on any atom is 0.317 e. The molecule has 0 spiro atoms. The van der Waals surface area contributed by atoms with Crippen LogP contribution in [0.1, 0.15) is 37.4 Å². The van der Waals surface area contributed by atoms with E-state index in [9.17, 15) is 14.3 Å². The van der Waals surface area contributed by atoms with Crippen molar-refractivity contribution in [1.82, 2.24) is 10.2 Å². The molecule has 134 valence electrons. The number of carbonyl (C=O) groups is 1. The Morgan fingerprint density at radius 1 is 1.33 bits per heavy atom. The Morgan fingerprint density at radius 2 is 1.96 bits per heavy atom. The summed E-state index contributed by atoms with van der Waals surface area (Å²) < 4.78 is 18.4. The van der Waals surface area contributed by atoms with E-state index in [0.29, 0.717) is 12.5 Å². The van der Waals surface area contributed by atoms with Crippen LogP contribution in [0.2, 0.25) is 0 Å². The first-order chi connectivity index (χ1) is 11.5. The molecule has 1 aromatic carbocycles. The number of nitrogens with zero attached hydrogens (tertiary/aromatic N) is 1. The van der Waals surface area contributed by atoms with Crippen molar-refractivity contribution < 1.29 is 19.0 Å². The Balaban J connectivity index is 1.83. The summed E-state index contributed by atoms with van der Waals surface area (Å²) >= 11 is 0. The van der Waals surface area contributed by atoms with Crippen molar-refractivity contribution >= 4 is 6.03 Å². The highest BCUT2D eigenvalue weighted by Crippen LogP contribution is 2.26. The van der Waals surface area contributed by atoms with Crippen molar-refractivity contribution in [2.45, 2.75) is 37.8 Å². The van der Waals surface area contributed by atoms with Crippen molar-refractivity contribution in [2.24, 2.45) is 5.92 Å². The number of amides is 2. The Morgan fingerprint density at radius 3 is 2.50 bits per heavy atom. The quantitative estimate of drug-likeness (QED) is 0.838. The summed E-state index contributed by atoms with van der Waals surface area (Å²) in [6.45, 7) is 0.563. The molecule has 1 fully saturated rings. The minimum Gasteiger partial charge on any atom is -0.396 e. The van der Waals surface area contributed by atoms with E-state index in [1.165, 1.54) is 12.1 Å². The summed E-state index contributed by atoms with van der Waals surface area (Å²) in [5.74, 6) is 0.0740. The summed E-state index contributed by atoms with van der Waals surface area (Å²) in [5, 5.41) is 12.1. The van der Waals surface area contributed by atoms with Crippen LogP contribution in [0.4, 0.5) is 9.18 Å². The number of benzene rings is 1. The highest BCUT2D eigenvalue weighted by molar-refractivity contribution is 5.74. The largest absolute Gasteiger partial charge is 0.396 e. The number of urea groups is 1. The third-order valence-corrected chi connectivity index (χ3v) is 4.91. The van der Waals surface area contributed by atoms with Crippen LogP contribution in [0, 0.1) is 11.7 Å². The zero-order valence-corrected chi connectivity index (χ0v) is 14.4. The first kappa shape index (κ1) is 18.7. The molecular weight excluding hydrogens is 311 g/mol. The molecule has 1 aromatic rings. The van der Waals surface area contributed by atoms with Crippen LogP contribution >= 0.6 is 0 Å². The number of nitrogens with one attached hydrogen (secondary N) is 1. The Bertz CT molecular complexity index is 516. The van der Waals surface area contributed by atoms with Gasteiger partial charge in [-0.3, -0.25) is 0 Å². The molecule has 0 unspecified atom stereocenters. The highest BCUT2D eigenvalue weighted by Gasteiger charge is 2.26. The van der Waals surface area contributed by atoms with Gasteiger partial charge in [-0.1, -0.05) is 12.1 Å². The standard InChI is InChI=1S/C18H27FN2O3/c1-21(16-9-3-13(12-22)4-10-16)18(23)20-11-17(24-2)14-5-7-15(19)8-6-14/h5-8,13,16-17,22H,3-4,9-12H2,1-2H3,(H,20,23)/t13?,16?,17-/m1/s1. The van der Waals surface area contributed by atoms with Crippen LogP contribution in [0.15, 0.2) is 24.3 Å². The second-order valence-corrected chi connectivity index (χ2v) is 6.43. The number of aliphatic hydroxyl groups excluding tert-OH is 1. The Hall–Kier alpha value is -1.66. The van der Waals surface area contributed by atoms with Gasteiger partial charge in [-0.15, -0.1) is 0 Å². The van der Waals surface area contributed by atoms with Crippen molar-refractivity contribution in [3.05, 3.63) is 35.6 Å². The SMILES string of the molecule is CO[C@H](CNC(=O)N(C)C1CCC(CO)CC1)c1ccc(F)cc1. The Kier molecular flexibility index (Phi) is 6.99. The molecule has 2 rings (SSSR count). The van der Waals surface area contributed by atoms with Crippen molar-refractivity contribution in [3.63, 3.8) is 0 Å². The summed E-state index contributed by atoms with van der Waals surface area (Å²) in [4.78, 5) is 14.1. The van der Waals surface area contributed by atoms with E-state index in [-0.39, 0.29) is 30.6 Å². The van der Waals surface area contributed by atoms with E-state index in [2.05, 4.69) is 5.32 Å². The maximum atomic E-state index is 13.0. The lowest BCUT2D eigenvalue weighted by Crippen LogP contribution is -2.46. The summed E-state index contributed by atoms with van der Waals surface area (Å²) in [5.41, 5.74) is 0.824. The molecule has 6 heteroatoms. The molecular formula is C18H27FN2O3. The van der Waals surface area contributed by atoms with Crippen LogP contribution in [-0.2, 0) is 4.74 Å². The molecule has 5 nitrogen and oxygen atoms in total. The normalized spacial score (nSPS) is 22.0. The maximum absolute atomic E-state index is 13.0. The average Bonchev–Trinajstić information content (AvgIpc) is 2.62. The van der Waals surface area contributed by atoms with Gasteiger partial charge in [0.05, 0.1) is 6.10 Å². The molecule has 1 aliphatic rings. The van der Waals surface area contributed by atoms with Gasteiger partial charge in [0, 0.05) is 33.4 Å². The monoisotopic (exact) mass is 338 g/mol. The van der Waals surface area contributed by atoms with Crippen LogP contribution in [-0.4, -0.2) is 49.4 Å². The molecule has 0 saturated heterocycles. The first-order valence-electron chi connectivity index (χ1n) is 8.45. The minimum absolute atomic E-state index is 0.133. The van der Waals surface area contributed by atoms with E-state index in [0.717, 1.165) is 31.2 Å². The van der Waals surface area contributed by atoms with Gasteiger partial charge >= 0.3 is 6.03 Å². The fraction of sp³-hybridized carbons (Fsp3) is 0.611. The van der Waals surface area contributed by atoms with Gasteiger partial charge in [-0.2, -0.15) is 0 Å². The third-order valence-electron chi connectivity index (χ3n) is 4.91. The molecule has 1 atom stereocenters. The van der Waals surface area contributed by atoms with Crippen LogP contribution in [0.25, 0.3) is 0 Å². The second kappa shape index (κ2) is 8.99. The number of carbonyl (C=O) groups excluding carboxylic acids is 1. The molecule has 0 radical (unpaired) electrons. The first-order valence-corrected chi connectivity index (χ1v) is 8.45. The van der Waals surface area contributed by atoms with E-state index in [1.54, 1.807) is 31.2 Å². The number of hydrogen-bond acceptors (Lipinski definition) is 3. The topological polar surface area (TPSA) is 61.8 Å². The van der Waals surface area contributed by atoms with Crippen molar-refractivity contribution in [2.75, 3.05) is 27.3 Å². The fourth-order valence-electron chi connectivity index (χ4n) is 3.20. The van der Waals surface area contributed by atoms with E-state index in [1.807, 2.05) is 0 Å². The molecule has 2 N–H and O–H groups in total. The van der Waals surface area contributed by atoms with Gasteiger partial charge < -0.3 is 20.1 Å². The molecule has 1 aliphatic carbocycles. The molecule has 1 saturated carbocycles. The second-order valence-electron chi connectivity index (χ2n) is 6.43. The lowest BCUT2D eigenvalue weighted by molar-refractivity contribution is 0.0979. The number of ether oxygens (including phenoxy) is 1. The molecule has 0 bridgehead atoms. The van der Waals surface area contributed by atoms with E-state index < -0.39 is 0 Å². The molecule has 0 heterocycles. The number of halogens is 1. The lowest BCUT2D eigenvalue weighted by atomic mass is 9.86. The van der Waals surface area contributed by atoms with E-state index >= 15 is 0 Å². The Labute approximate surface area is 142 Å². The fourth-order valence-corrected chi connectivity index (χ4v) is 3.20. The smallest absolute Gasteiger partial charge is 0.317 e. The van der Waals surface area contributed by atoms with Crippen LogP contribution < -0.4 is 5.32 Å². The van der Waals surface area contributed by atoms with Gasteiger partial charge in [0.15, 0.2) is 0 Å². The van der Waals surface area contributed by atoms with Crippen LogP contribution in [0.5, 0.6) is 0 Å². The average molecular weight is 338 g/mol. The molecule has 2 amide bonds. The molecule has 0 aromatic heterocycles. The number of rotatable bonds is 6. The molecule has 24 heavy (non-hydrogen) atoms. The number of aliphatic hydroxyl groups is 1. The number of methoxy groups -OCH3 is 1. The minimum atomic E-state index is -0.312. The van der Waals surface area contributed by atoms with Crippen molar-refractivity contribution in [3.8, 4) is 0 Å².